The van der Waals surface area contributed by atoms with E-state index in [4.69, 9.17) is 4.99 Å². The van der Waals surface area contributed by atoms with Gasteiger partial charge in [-0.1, -0.05) is 13.8 Å². The van der Waals surface area contributed by atoms with Gasteiger partial charge in [-0.2, -0.15) is 5.10 Å². The first-order chi connectivity index (χ1) is 11.2. The van der Waals surface area contributed by atoms with Crippen molar-refractivity contribution in [2.24, 2.45) is 4.99 Å². The lowest BCUT2D eigenvalue weighted by Crippen LogP contribution is -2.45. The van der Waals surface area contributed by atoms with Crippen LogP contribution in [0.5, 0.6) is 0 Å². The van der Waals surface area contributed by atoms with E-state index in [2.05, 4.69) is 82.2 Å². The first-order valence-electron chi connectivity index (χ1n) is 7.74. The largest absolute Gasteiger partial charge is 0.276 e. The number of thiophene rings is 1. The fourth-order valence-corrected chi connectivity index (χ4v) is 5.50. The molecule has 0 atom stereocenters. The van der Waals surface area contributed by atoms with Crippen LogP contribution < -0.4 is 0 Å². The van der Waals surface area contributed by atoms with Gasteiger partial charge in [-0.15, -0.1) is 11.3 Å². The van der Waals surface area contributed by atoms with Crippen LogP contribution in [-0.4, -0.2) is 20.9 Å². The van der Waals surface area contributed by atoms with Crippen LogP contribution in [0.15, 0.2) is 43.8 Å². The maximum Gasteiger partial charge on any atom is 0.109 e. The Morgan fingerprint density at radius 1 is 1.12 bits per heavy atom. The van der Waals surface area contributed by atoms with E-state index in [1.165, 1.54) is 10.4 Å². The molecule has 0 fully saturated rings. The Hall–Kier alpha value is -0.980. The molecule has 1 aliphatic heterocycles. The third kappa shape index (κ3) is 2.19. The smallest absolute Gasteiger partial charge is 0.109 e. The molecule has 0 saturated heterocycles. The van der Waals surface area contributed by atoms with E-state index in [1.807, 2.05) is 16.8 Å². The SMILES string of the molecule is CC1(C)N=C(c2cnn3c(Br)cc(Br)c3c2)c2sccc2C1(C)C. The van der Waals surface area contributed by atoms with E-state index in [1.54, 1.807) is 11.3 Å². The van der Waals surface area contributed by atoms with E-state index in [0.29, 0.717) is 0 Å². The summed E-state index contributed by atoms with van der Waals surface area (Å²) in [6.45, 7) is 8.98. The predicted octanol–water partition coefficient (Wildman–Crippen LogP) is 5.83. The van der Waals surface area contributed by atoms with Gasteiger partial charge in [-0.05, 0) is 74.8 Å². The molecule has 0 amide bonds. The molecule has 0 aromatic carbocycles. The Labute approximate surface area is 162 Å². The number of aliphatic imine (C=N–C) groups is 1. The zero-order valence-corrected chi connectivity index (χ0v) is 17.9. The molecule has 0 aliphatic carbocycles. The second-order valence-corrected chi connectivity index (χ2v) is 9.75. The third-order valence-electron chi connectivity index (χ3n) is 5.27. The van der Waals surface area contributed by atoms with E-state index in [0.717, 1.165) is 25.9 Å². The van der Waals surface area contributed by atoms with Gasteiger partial charge in [0.05, 0.1) is 27.8 Å². The Kier molecular flexibility index (Phi) is 3.61. The second-order valence-electron chi connectivity index (χ2n) is 7.16. The topological polar surface area (TPSA) is 29.7 Å². The number of fused-ring (bicyclic) bond motifs is 2. The lowest BCUT2D eigenvalue weighted by atomic mass is 9.68. The molecule has 0 saturated carbocycles. The van der Waals surface area contributed by atoms with Crippen molar-refractivity contribution in [3.63, 3.8) is 0 Å². The Balaban J connectivity index is 1.97. The molecule has 1 aliphatic rings. The molecule has 6 heteroatoms. The van der Waals surface area contributed by atoms with Gasteiger partial charge < -0.3 is 0 Å². The highest BCUT2D eigenvalue weighted by Crippen LogP contribution is 2.45. The van der Waals surface area contributed by atoms with Gasteiger partial charge in [-0.3, -0.25) is 4.99 Å². The minimum Gasteiger partial charge on any atom is -0.276 e. The van der Waals surface area contributed by atoms with Gasteiger partial charge in [0.1, 0.15) is 4.60 Å². The number of hydrogen-bond donors (Lipinski definition) is 0. The molecule has 3 aromatic rings. The van der Waals surface area contributed by atoms with E-state index < -0.39 is 0 Å². The fourth-order valence-electron chi connectivity index (χ4n) is 3.12. The van der Waals surface area contributed by atoms with E-state index >= 15 is 0 Å². The zero-order chi connectivity index (χ0) is 17.3. The number of nitrogens with zero attached hydrogens (tertiary/aromatic N) is 3. The van der Waals surface area contributed by atoms with Crippen LogP contribution in [0.25, 0.3) is 5.52 Å². The third-order valence-corrected chi connectivity index (χ3v) is 7.39. The van der Waals surface area contributed by atoms with E-state index in [9.17, 15) is 0 Å². The maximum atomic E-state index is 5.14. The molecule has 3 aromatic heterocycles. The van der Waals surface area contributed by atoms with Crippen molar-refractivity contribution < 1.29 is 0 Å². The van der Waals surface area contributed by atoms with Gasteiger partial charge in [-0.25, -0.2) is 4.52 Å². The molecular weight excluding hydrogens is 450 g/mol. The highest BCUT2D eigenvalue weighted by molar-refractivity contribution is 9.11. The van der Waals surface area contributed by atoms with Gasteiger partial charge in [0.2, 0.25) is 0 Å². The molecule has 4 rings (SSSR count). The van der Waals surface area contributed by atoms with Gasteiger partial charge >= 0.3 is 0 Å². The number of aromatic nitrogens is 2. The van der Waals surface area contributed by atoms with Crippen LogP contribution in [0.3, 0.4) is 0 Å². The van der Waals surface area contributed by atoms with Crippen LogP contribution in [-0.2, 0) is 5.41 Å². The minimum absolute atomic E-state index is 0.00202. The average Bonchev–Trinajstić information content (AvgIpc) is 3.10. The summed E-state index contributed by atoms with van der Waals surface area (Å²) in [5.41, 5.74) is 4.33. The molecule has 0 N–H and O–H groups in total. The van der Waals surface area contributed by atoms with Crippen molar-refractivity contribution in [2.45, 2.75) is 38.6 Å². The fraction of sp³-hybridized carbons (Fsp3) is 0.333. The van der Waals surface area contributed by atoms with Crippen LogP contribution >= 0.6 is 43.2 Å². The molecule has 124 valence electrons. The van der Waals surface area contributed by atoms with Crippen LogP contribution in [0.4, 0.5) is 0 Å². The van der Waals surface area contributed by atoms with E-state index in [-0.39, 0.29) is 11.0 Å². The Bertz CT molecular complexity index is 995. The molecule has 0 spiro atoms. The average molecular weight is 467 g/mol. The summed E-state index contributed by atoms with van der Waals surface area (Å²) in [5.74, 6) is 0. The van der Waals surface area contributed by atoms with Crippen LogP contribution in [0, 0.1) is 0 Å². The zero-order valence-electron chi connectivity index (χ0n) is 13.9. The first-order valence-corrected chi connectivity index (χ1v) is 10.2. The number of hydrogen-bond acceptors (Lipinski definition) is 3. The number of rotatable bonds is 1. The molecule has 3 nitrogen and oxygen atoms in total. The lowest BCUT2D eigenvalue weighted by molar-refractivity contribution is 0.305. The molecule has 24 heavy (non-hydrogen) atoms. The van der Waals surface area contributed by atoms with Crippen molar-refractivity contribution >= 4 is 54.4 Å². The maximum absolute atomic E-state index is 5.14. The lowest BCUT2D eigenvalue weighted by Gasteiger charge is -2.43. The summed E-state index contributed by atoms with van der Waals surface area (Å²) >= 11 is 8.91. The Morgan fingerprint density at radius 2 is 1.88 bits per heavy atom. The summed E-state index contributed by atoms with van der Waals surface area (Å²) in [5, 5.41) is 6.75. The monoisotopic (exact) mass is 465 g/mol. The molecule has 0 bridgehead atoms. The van der Waals surface area contributed by atoms with Crippen LogP contribution in [0.2, 0.25) is 0 Å². The number of halogens is 2. The summed E-state index contributed by atoms with van der Waals surface area (Å²) in [4.78, 5) is 6.40. The molecular formula is C18H17Br2N3S. The summed E-state index contributed by atoms with van der Waals surface area (Å²) < 4.78 is 3.83. The van der Waals surface area contributed by atoms with Crippen molar-refractivity contribution in [1.82, 2.24) is 9.61 Å². The Morgan fingerprint density at radius 3 is 2.62 bits per heavy atom. The highest BCUT2D eigenvalue weighted by atomic mass is 79.9. The summed E-state index contributed by atoms with van der Waals surface area (Å²) in [6, 6.07) is 6.41. The molecule has 0 unspecified atom stereocenters. The van der Waals surface area contributed by atoms with Gasteiger partial charge in [0.25, 0.3) is 0 Å². The van der Waals surface area contributed by atoms with Crippen molar-refractivity contribution in [3.8, 4) is 0 Å². The molecule has 4 heterocycles. The minimum atomic E-state index is -0.178. The van der Waals surface area contributed by atoms with Crippen molar-refractivity contribution in [1.29, 1.82) is 0 Å². The normalized spacial score (nSPS) is 18.5. The quantitative estimate of drug-likeness (QED) is 0.443. The van der Waals surface area contributed by atoms with Gasteiger partial charge in [0.15, 0.2) is 0 Å². The first kappa shape index (κ1) is 16.5. The summed E-state index contributed by atoms with van der Waals surface area (Å²) in [6.07, 6.45) is 1.90. The molecule has 0 radical (unpaired) electrons. The van der Waals surface area contributed by atoms with Gasteiger partial charge in [0, 0.05) is 15.5 Å². The highest BCUT2D eigenvalue weighted by Gasteiger charge is 2.44. The standard InChI is InChI=1S/C18H17Br2N3S/c1-17(2)11-5-6-24-16(11)15(22-18(17,3)4)10-7-13-12(19)8-14(20)23(13)21-9-10/h5-9H,1-4H3. The van der Waals surface area contributed by atoms with Crippen molar-refractivity contribution in [3.05, 3.63) is 54.9 Å². The predicted molar refractivity (Wildman–Crippen MR) is 108 cm³/mol. The van der Waals surface area contributed by atoms with Crippen LogP contribution in [0.1, 0.15) is 43.7 Å². The second kappa shape index (κ2) is 5.26. The summed E-state index contributed by atoms with van der Waals surface area (Å²) in [7, 11) is 0. The van der Waals surface area contributed by atoms with Crippen molar-refractivity contribution in [2.75, 3.05) is 0 Å².